The quantitative estimate of drug-likeness (QED) is 0.275. The third-order valence-electron chi connectivity index (χ3n) is 10.2. The zero-order valence-electron chi connectivity index (χ0n) is 29.1. The molecule has 49 heavy (non-hydrogen) atoms. The van der Waals surface area contributed by atoms with Crippen molar-refractivity contribution in [3.63, 3.8) is 0 Å². The number of aromatic nitrogens is 4. The first-order chi connectivity index (χ1) is 23.6. The zero-order valence-corrected chi connectivity index (χ0v) is 29.1. The first-order valence-electron chi connectivity index (χ1n) is 17.1. The molecule has 3 aliphatic rings. The first-order valence-corrected chi connectivity index (χ1v) is 17.1. The first kappa shape index (κ1) is 33.0. The van der Waals surface area contributed by atoms with Crippen LogP contribution in [0.4, 0.5) is 23.0 Å². The Morgan fingerprint density at radius 1 is 1.06 bits per heavy atom. The van der Waals surface area contributed by atoms with E-state index in [1.807, 2.05) is 30.5 Å². The second-order valence-electron chi connectivity index (χ2n) is 14.4. The molecule has 0 spiro atoms. The molecule has 258 valence electrons. The van der Waals surface area contributed by atoms with Crippen LogP contribution in [-0.4, -0.2) is 87.5 Å². The van der Waals surface area contributed by atoms with Crippen molar-refractivity contribution < 1.29 is 14.6 Å². The second kappa shape index (κ2) is 13.1. The van der Waals surface area contributed by atoms with Crippen LogP contribution in [0, 0.1) is 5.41 Å². The van der Waals surface area contributed by atoms with Crippen molar-refractivity contribution in [2.75, 3.05) is 61.6 Å². The summed E-state index contributed by atoms with van der Waals surface area (Å²) in [5, 5.41) is 13.9. The lowest BCUT2D eigenvalue weighted by molar-refractivity contribution is 0.0962. The van der Waals surface area contributed by atoms with Crippen LogP contribution in [0.1, 0.15) is 48.1 Å². The summed E-state index contributed by atoms with van der Waals surface area (Å²) in [6.07, 6.45) is 7.16. The number of nitrogens with one attached hydrogen (secondary N) is 1. The summed E-state index contributed by atoms with van der Waals surface area (Å²) in [5.41, 5.74) is 6.52. The van der Waals surface area contributed by atoms with Gasteiger partial charge in [-0.1, -0.05) is 13.8 Å². The minimum absolute atomic E-state index is 0.113. The molecule has 4 aromatic heterocycles. The molecule has 2 aliphatic heterocycles. The molecule has 0 bridgehead atoms. The van der Waals surface area contributed by atoms with Gasteiger partial charge >= 0.3 is 0 Å². The number of nitrogens with zero attached hydrogens (tertiary/aromatic N) is 7. The molecule has 1 unspecified atom stereocenters. The number of hydrogen-bond acceptors (Lipinski definition) is 9. The number of pyridine rings is 3. The number of carbonyl (C=O) groups excluding carboxylic acids is 1. The fraction of sp³-hybridized carbons (Fsp3) is 0.459. The Hall–Kier alpha value is -4.52. The van der Waals surface area contributed by atoms with Gasteiger partial charge in [-0.05, 0) is 66.6 Å². The van der Waals surface area contributed by atoms with Crippen molar-refractivity contribution in [1.29, 1.82) is 0 Å². The third-order valence-corrected chi connectivity index (χ3v) is 10.2. The molecule has 0 radical (unpaired) electrons. The lowest BCUT2D eigenvalue weighted by atomic mass is 9.90. The molecule has 12 nitrogen and oxygen atoms in total. The summed E-state index contributed by atoms with van der Waals surface area (Å²) < 4.78 is 8.93. The fourth-order valence-corrected chi connectivity index (χ4v) is 7.81. The van der Waals surface area contributed by atoms with Gasteiger partial charge in [-0.2, -0.15) is 0 Å². The predicted octanol–water partition coefficient (Wildman–Crippen LogP) is 3.82. The lowest BCUT2D eigenvalue weighted by Gasteiger charge is -2.41. The van der Waals surface area contributed by atoms with Gasteiger partial charge in [-0.3, -0.25) is 19.4 Å². The maximum absolute atomic E-state index is 13.9. The minimum Gasteiger partial charge on any atom is -0.392 e. The summed E-state index contributed by atoms with van der Waals surface area (Å²) in [6, 6.07) is 9.88. The third kappa shape index (κ3) is 6.24. The monoisotopic (exact) mass is 666 g/mol. The standard InChI is InChI=1S/C37H46N8O4/c1-24-21-42(14-15-49-5)10-11-43(24)27-6-7-33(39-20-27)40-30-16-26(22-41(4)35(30)47)28-8-9-38-34(29(28)23-46)45-13-12-44-31(36(45)48)17-25-18-37(2,3)19-32(25)44/h6-9,16-17,20,22,24,46H,10-15,18-19,21,23H2,1-5H3,(H,39,40). The van der Waals surface area contributed by atoms with E-state index in [1.165, 1.54) is 15.8 Å². The molecular formula is C37H46N8O4. The highest BCUT2D eigenvalue weighted by molar-refractivity contribution is 6.06. The van der Waals surface area contributed by atoms with Crippen molar-refractivity contribution >= 4 is 28.9 Å². The van der Waals surface area contributed by atoms with Crippen LogP contribution >= 0.6 is 0 Å². The number of anilines is 4. The van der Waals surface area contributed by atoms with Gasteiger partial charge in [0.15, 0.2) is 0 Å². The minimum atomic E-state index is -0.318. The van der Waals surface area contributed by atoms with Gasteiger partial charge in [0.1, 0.15) is 23.0 Å². The van der Waals surface area contributed by atoms with Gasteiger partial charge in [0.2, 0.25) is 0 Å². The van der Waals surface area contributed by atoms with E-state index < -0.39 is 0 Å². The Labute approximate surface area is 287 Å². The van der Waals surface area contributed by atoms with Crippen LogP contribution in [0.5, 0.6) is 0 Å². The fourth-order valence-electron chi connectivity index (χ4n) is 7.81. The number of fused-ring (bicyclic) bond motifs is 3. The molecule has 0 aromatic carbocycles. The topological polar surface area (TPSA) is 121 Å². The smallest absolute Gasteiger partial charge is 0.276 e. The zero-order chi connectivity index (χ0) is 34.4. The number of carbonyl (C=O) groups is 1. The molecule has 12 heteroatoms. The van der Waals surface area contributed by atoms with Crippen LogP contribution in [0.2, 0.25) is 0 Å². The summed E-state index contributed by atoms with van der Waals surface area (Å²) >= 11 is 0. The van der Waals surface area contributed by atoms with E-state index >= 15 is 0 Å². The average molecular weight is 667 g/mol. The van der Waals surface area contributed by atoms with Gasteiger partial charge in [0.05, 0.1) is 25.1 Å². The average Bonchev–Trinajstić information content (AvgIpc) is 3.58. The largest absolute Gasteiger partial charge is 0.392 e. The molecule has 1 aliphatic carbocycles. The van der Waals surface area contributed by atoms with Crippen LogP contribution in [0.25, 0.3) is 11.1 Å². The summed E-state index contributed by atoms with van der Waals surface area (Å²) in [4.78, 5) is 42.8. The molecule has 7 rings (SSSR count). The van der Waals surface area contributed by atoms with E-state index in [0.29, 0.717) is 58.8 Å². The van der Waals surface area contributed by atoms with Crippen molar-refractivity contribution in [3.8, 4) is 11.1 Å². The summed E-state index contributed by atoms with van der Waals surface area (Å²) in [7, 11) is 3.43. The highest BCUT2D eigenvalue weighted by Crippen LogP contribution is 2.40. The molecule has 6 heterocycles. The molecule has 1 amide bonds. The molecule has 2 N–H and O–H groups in total. The predicted molar refractivity (Wildman–Crippen MR) is 191 cm³/mol. The van der Waals surface area contributed by atoms with E-state index in [2.05, 4.69) is 50.4 Å². The van der Waals surface area contributed by atoms with Crippen molar-refractivity contribution in [3.05, 3.63) is 81.8 Å². The number of amides is 1. The Kier molecular flexibility index (Phi) is 8.80. The van der Waals surface area contributed by atoms with Crippen LogP contribution in [0.15, 0.2) is 53.7 Å². The normalized spacial score (nSPS) is 18.9. The SMILES string of the molecule is COCCN1CCN(c2ccc(Nc3cc(-c4ccnc(N5CCn6c(cc7c6CC(C)(C)C7)C5=O)c4CO)cn(C)c3=O)nc2)C(C)C1. The maximum atomic E-state index is 13.9. The van der Waals surface area contributed by atoms with Crippen LogP contribution < -0.4 is 20.7 Å². The lowest BCUT2D eigenvalue weighted by Crippen LogP contribution is -2.52. The summed E-state index contributed by atoms with van der Waals surface area (Å²) in [6.45, 7) is 12.0. The van der Waals surface area contributed by atoms with Gasteiger partial charge < -0.3 is 29.2 Å². The summed E-state index contributed by atoms with van der Waals surface area (Å²) in [5.74, 6) is 0.879. The number of piperazine rings is 1. The number of aryl methyl sites for hydroxylation is 1. The van der Waals surface area contributed by atoms with Crippen molar-refractivity contribution in [2.45, 2.75) is 52.8 Å². The molecule has 1 atom stereocenters. The Bertz CT molecular complexity index is 1930. The van der Waals surface area contributed by atoms with Gasteiger partial charge in [-0.15, -0.1) is 0 Å². The molecule has 1 saturated heterocycles. The van der Waals surface area contributed by atoms with Gasteiger partial charge in [0, 0.05) is 88.7 Å². The highest BCUT2D eigenvalue weighted by Gasteiger charge is 2.37. The Morgan fingerprint density at radius 2 is 1.90 bits per heavy atom. The number of rotatable bonds is 9. The van der Waals surface area contributed by atoms with E-state index in [4.69, 9.17) is 4.74 Å². The van der Waals surface area contributed by atoms with Crippen LogP contribution in [-0.2, 0) is 37.8 Å². The van der Waals surface area contributed by atoms with Gasteiger partial charge in [0.25, 0.3) is 11.5 Å². The van der Waals surface area contributed by atoms with Crippen molar-refractivity contribution in [2.24, 2.45) is 12.5 Å². The molecule has 0 saturated carbocycles. The van der Waals surface area contributed by atoms with E-state index in [-0.39, 0.29) is 23.5 Å². The maximum Gasteiger partial charge on any atom is 0.276 e. The molecule has 4 aromatic rings. The number of methoxy groups -OCH3 is 1. The molecule has 1 fully saturated rings. The second-order valence-corrected chi connectivity index (χ2v) is 14.4. The number of aliphatic hydroxyl groups excluding tert-OH is 1. The van der Waals surface area contributed by atoms with E-state index in [9.17, 15) is 14.7 Å². The van der Waals surface area contributed by atoms with E-state index in [0.717, 1.165) is 51.3 Å². The Balaban J connectivity index is 1.12. The Morgan fingerprint density at radius 3 is 2.63 bits per heavy atom. The van der Waals surface area contributed by atoms with Gasteiger partial charge in [-0.25, -0.2) is 9.97 Å². The number of hydrogen-bond donors (Lipinski definition) is 2. The molecular weight excluding hydrogens is 620 g/mol. The highest BCUT2D eigenvalue weighted by atomic mass is 16.5. The number of aliphatic hydroxyl groups is 1. The van der Waals surface area contributed by atoms with E-state index in [1.54, 1.807) is 37.5 Å². The van der Waals surface area contributed by atoms with Crippen LogP contribution in [0.3, 0.4) is 0 Å². The number of ether oxygens (including phenoxy) is 1. The van der Waals surface area contributed by atoms with Crippen molar-refractivity contribution in [1.82, 2.24) is 24.0 Å².